The van der Waals surface area contributed by atoms with Gasteiger partial charge < -0.3 is 19.5 Å². The number of thioether (sulfide) groups is 1. The molecule has 0 saturated heterocycles. The fourth-order valence-electron chi connectivity index (χ4n) is 3.07. The van der Waals surface area contributed by atoms with Gasteiger partial charge in [0.2, 0.25) is 11.7 Å². The van der Waals surface area contributed by atoms with Crippen LogP contribution >= 0.6 is 11.8 Å². The first-order valence-corrected chi connectivity index (χ1v) is 10.2. The third kappa shape index (κ3) is 4.78. The second kappa shape index (κ2) is 9.90. The zero-order valence-corrected chi connectivity index (χ0v) is 17.8. The number of fused-ring (bicyclic) bond motifs is 1. The van der Waals surface area contributed by atoms with E-state index in [0.717, 1.165) is 15.7 Å². The summed E-state index contributed by atoms with van der Waals surface area (Å²) in [6.45, 7) is 0. The zero-order valence-electron chi connectivity index (χ0n) is 17.0. The van der Waals surface area contributed by atoms with Crippen LogP contribution in [0.15, 0.2) is 59.5 Å². The SMILES string of the molecule is COc1cc(C(C#N)NC(=O)CSc2ccc3ccccc3c2)cc(OC)c1OC. The minimum atomic E-state index is -0.844. The number of carbonyl (C=O) groups is 1. The highest BCUT2D eigenvalue weighted by Gasteiger charge is 2.20. The van der Waals surface area contributed by atoms with Crippen molar-refractivity contribution in [3.8, 4) is 23.3 Å². The predicted molar refractivity (Wildman–Crippen MR) is 117 cm³/mol. The molecule has 0 aromatic heterocycles. The molecule has 3 aromatic carbocycles. The van der Waals surface area contributed by atoms with Crippen LogP contribution in [0.25, 0.3) is 10.8 Å². The van der Waals surface area contributed by atoms with Gasteiger partial charge in [-0.3, -0.25) is 4.79 Å². The third-order valence-corrected chi connectivity index (χ3v) is 5.54. The normalized spacial score (nSPS) is 11.4. The second-order valence-electron chi connectivity index (χ2n) is 6.39. The first-order valence-electron chi connectivity index (χ1n) is 9.20. The molecule has 0 aliphatic rings. The van der Waals surface area contributed by atoms with Crippen molar-refractivity contribution in [3.05, 3.63) is 60.2 Å². The molecule has 0 radical (unpaired) electrons. The minimum Gasteiger partial charge on any atom is -0.493 e. The van der Waals surface area contributed by atoms with Gasteiger partial charge in [-0.15, -0.1) is 11.8 Å². The summed E-state index contributed by atoms with van der Waals surface area (Å²) in [5.41, 5.74) is 0.552. The molecule has 6 nitrogen and oxygen atoms in total. The maximum atomic E-state index is 12.5. The Kier molecular flexibility index (Phi) is 7.04. The van der Waals surface area contributed by atoms with Gasteiger partial charge in [0.05, 0.1) is 33.2 Å². The number of ether oxygens (including phenoxy) is 3. The van der Waals surface area contributed by atoms with Gasteiger partial charge in [-0.25, -0.2) is 0 Å². The average Bonchev–Trinajstić information content (AvgIpc) is 2.79. The Hall–Kier alpha value is -3.37. The van der Waals surface area contributed by atoms with Gasteiger partial charge in [-0.1, -0.05) is 30.3 Å². The molecule has 0 fully saturated rings. The van der Waals surface area contributed by atoms with Crippen LogP contribution in [0, 0.1) is 11.3 Å². The molecule has 30 heavy (non-hydrogen) atoms. The number of methoxy groups -OCH3 is 3. The van der Waals surface area contributed by atoms with Crippen LogP contribution in [0.3, 0.4) is 0 Å². The molecule has 0 aliphatic carbocycles. The molecule has 0 bridgehead atoms. The molecular weight excluding hydrogens is 400 g/mol. The van der Waals surface area contributed by atoms with Crippen molar-refractivity contribution in [1.29, 1.82) is 5.26 Å². The molecule has 1 atom stereocenters. The molecule has 1 amide bonds. The highest BCUT2D eigenvalue weighted by molar-refractivity contribution is 8.00. The standard InChI is InChI=1S/C23H22N2O4S/c1-27-20-11-17(12-21(28-2)23(20)29-3)19(13-24)25-22(26)14-30-18-9-8-15-6-4-5-7-16(15)10-18/h4-12,19H,14H2,1-3H3,(H,25,26). The average molecular weight is 423 g/mol. The number of benzene rings is 3. The molecule has 154 valence electrons. The van der Waals surface area contributed by atoms with Crippen LogP contribution in [0.1, 0.15) is 11.6 Å². The summed E-state index contributed by atoms with van der Waals surface area (Å²) in [7, 11) is 4.51. The number of nitriles is 1. The molecule has 0 aliphatic heterocycles. The fourth-order valence-corrected chi connectivity index (χ4v) is 3.82. The Bertz CT molecular complexity index is 1070. The maximum Gasteiger partial charge on any atom is 0.231 e. The summed E-state index contributed by atoms with van der Waals surface area (Å²) in [5, 5.41) is 14.6. The summed E-state index contributed by atoms with van der Waals surface area (Å²) in [6.07, 6.45) is 0. The van der Waals surface area contributed by atoms with Gasteiger partial charge in [-0.05, 0) is 40.6 Å². The lowest BCUT2D eigenvalue weighted by atomic mass is 10.1. The largest absolute Gasteiger partial charge is 0.493 e. The Morgan fingerprint density at radius 3 is 2.27 bits per heavy atom. The van der Waals surface area contributed by atoms with Gasteiger partial charge in [0.25, 0.3) is 0 Å². The van der Waals surface area contributed by atoms with Crippen molar-refractivity contribution in [2.45, 2.75) is 10.9 Å². The molecular formula is C23H22N2O4S. The van der Waals surface area contributed by atoms with E-state index in [1.807, 2.05) is 42.5 Å². The van der Waals surface area contributed by atoms with Gasteiger partial charge in [-0.2, -0.15) is 5.26 Å². The highest BCUT2D eigenvalue weighted by atomic mass is 32.2. The van der Waals surface area contributed by atoms with Crippen LogP contribution in [0.2, 0.25) is 0 Å². The van der Waals surface area contributed by atoms with Crippen LogP contribution in [0.5, 0.6) is 17.2 Å². The Morgan fingerprint density at radius 1 is 1.00 bits per heavy atom. The lowest BCUT2D eigenvalue weighted by molar-refractivity contribution is -0.118. The van der Waals surface area contributed by atoms with E-state index >= 15 is 0 Å². The summed E-state index contributed by atoms with van der Waals surface area (Å²) in [6, 6.07) is 18.7. The Morgan fingerprint density at radius 2 is 1.67 bits per heavy atom. The molecule has 7 heteroatoms. The number of nitrogens with one attached hydrogen (secondary N) is 1. The van der Waals surface area contributed by atoms with Crippen molar-refractivity contribution in [2.75, 3.05) is 27.1 Å². The molecule has 1 unspecified atom stereocenters. The number of amides is 1. The van der Waals surface area contributed by atoms with Crippen molar-refractivity contribution < 1.29 is 19.0 Å². The number of hydrogen-bond acceptors (Lipinski definition) is 6. The van der Waals surface area contributed by atoms with E-state index in [9.17, 15) is 10.1 Å². The third-order valence-electron chi connectivity index (χ3n) is 4.55. The monoisotopic (exact) mass is 422 g/mol. The summed E-state index contributed by atoms with van der Waals surface area (Å²) >= 11 is 1.42. The van der Waals surface area contributed by atoms with Gasteiger partial charge in [0.15, 0.2) is 11.5 Å². The maximum absolute atomic E-state index is 12.5. The minimum absolute atomic E-state index is 0.195. The first kappa shape index (κ1) is 21.3. The van der Waals surface area contributed by atoms with Crippen LogP contribution in [-0.2, 0) is 4.79 Å². The molecule has 0 heterocycles. The van der Waals surface area contributed by atoms with E-state index in [-0.39, 0.29) is 11.7 Å². The lowest BCUT2D eigenvalue weighted by Crippen LogP contribution is -2.29. The highest BCUT2D eigenvalue weighted by Crippen LogP contribution is 2.39. The molecule has 1 N–H and O–H groups in total. The van der Waals surface area contributed by atoms with Crippen molar-refractivity contribution in [1.82, 2.24) is 5.32 Å². The van der Waals surface area contributed by atoms with Crippen LogP contribution < -0.4 is 19.5 Å². The quantitative estimate of drug-likeness (QED) is 0.544. The van der Waals surface area contributed by atoms with Crippen molar-refractivity contribution >= 4 is 28.4 Å². The Labute approximate surface area is 179 Å². The van der Waals surface area contributed by atoms with E-state index in [2.05, 4.69) is 11.4 Å². The lowest BCUT2D eigenvalue weighted by Gasteiger charge is -2.17. The number of rotatable bonds is 8. The first-order chi connectivity index (χ1) is 14.6. The number of carbonyl (C=O) groups excluding carboxylic acids is 1. The second-order valence-corrected chi connectivity index (χ2v) is 7.43. The van der Waals surface area contributed by atoms with Crippen molar-refractivity contribution in [2.24, 2.45) is 0 Å². The summed E-state index contributed by atoms with van der Waals surface area (Å²) in [5.74, 6) is 1.23. The number of nitrogens with zero attached hydrogens (tertiary/aromatic N) is 1. The van der Waals surface area contributed by atoms with Gasteiger partial charge in [0, 0.05) is 4.90 Å². The molecule has 0 spiro atoms. The van der Waals surface area contributed by atoms with Gasteiger partial charge >= 0.3 is 0 Å². The summed E-state index contributed by atoms with van der Waals surface area (Å²) < 4.78 is 16.0. The smallest absolute Gasteiger partial charge is 0.231 e. The van der Waals surface area contributed by atoms with E-state index in [1.165, 1.54) is 33.1 Å². The van der Waals surface area contributed by atoms with E-state index in [4.69, 9.17) is 14.2 Å². The topological polar surface area (TPSA) is 80.6 Å². The van der Waals surface area contributed by atoms with Crippen molar-refractivity contribution in [3.63, 3.8) is 0 Å². The van der Waals surface area contributed by atoms with E-state index < -0.39 is 6.04 Å². The predicted octanol–water partition coefficient (Wildman–Crippen LogP) is 4.34. The van der Waals surface area contributed by atoms with Crippen LogP contribution in [-0.4, -0.2) is 33.0 Å². The van der Waals surface area contributed by atoms with Crippen LogP contribution in [0.4, 0.5) is 0 Å². The van der Waals surface area contributed by atoms with E-state index in [1.54, 1.807) is 12.1 Å². The molecule has 0 saturated carbocycles. The molecule has 3 aromatic rings. The van der Waals surface area contributed by atoms with Gasteiger partial charge in [0.1, 0.15) is 6.04 Å². The molecule has 3 rings (SSSR count). The fraction of sp³-hybridized carbons (Fsp3) is 0.217. The number of hydrogen-bond donors (Lipinski definition) is 1. The zero-order chi connectivity index (χ0) is 21.5. The van der Waals surface area contributed by atoms with E-state index in [0.29, 0.717) is 22.8 Å². The Balaban J connectivity index is 1.70. The summed E-state index contributed by atoms with van der Waals surface area (Å²) in [4.78, 5) is 13.5.